The third-order valence-corrected chi connectivity index (χ3v) is 4.80. The van der Waals surface area contributed by atoms with Crippen LogP contribution in [-0.4, -0.2) is 11.8 Å². The van der Waals surface area contributed by atoms with Crippen LogP contribution < -0.4 is 10.6 Å². The van der Waals surface area contributed by atoms with Crippen molar-refractivity contribution < 1.29 is 18.4 Å². The number of benzene rings is 3. The molecule has 0 aliphatic carbocycles. The van der Waals surface area contributed by atoms with Crippen LogP contribution in [0.15, 0.2) is 81.7 Å². The van der Waals surface area contributed by atoms with Gasteiger partial charge in [0.25, 0.3) is 11.8 Å². The third kappa shape index (κ3) is 3.90. The quantitative estimate of drug-likeness (QED) is 0.408. The number of carbonyl (C=O) groups is 2. The van der Waals surface area contributed by atoms with Gasteiger partial charge >= 0.3 is 0 Å². The lowest BCUT2D eigenvalue weighted by atomic mass is 10.1. The molecule has 0 aliphatic rings. The summed E-state index contributed by atoms with van der Waals surface area (Å²) in [6, 6.07) is 19.5. The number of furan rings is 1. The van der Waals surface area contributed by atoms with E-state index in [1.165, 1.54) is 18.2 Å². The monoisotopic (exact) mass is 452 g/mol. The van der Waals surface area contributed by atoms with E-state index in [1.54, 1.807) is 54.6 Å². The van der Waals surface area contributed by atoms with Gasteiger partial charge in [0.15, 0.2) is 0 Å². The largest absolute Gasteiger partial charge is 0.449 e. The molecule has 7 heteroatoms. The lowest BCUT2D eigenvalue weighted by molar-refractivity contribution is 0.0999. The molecule has 3 aromatic carbocycles. The number of nitrogens with one attached hydrogen (secondary N) is 2. The summed E-state index contributed by atoms with van der Waals surface area (Å²) in [5.74, 6) is -1.75. The second-order valence-electron chi connectivity index (χ2n) is 6.20. The predicted octanol–water partition coefficient (Wildman–Crippen LogP) is 5.84. The Morgan fingerprint density at radius 2 is 1.52 bits per heavy atom. The Kier molecular flexibility index (Phi) is 5.14. The summed E-state index contributed by atoms with van der Waals surface area (Å²) in [5, 5.41) is 5.80. The van der Waals surface area contributed by atoms with Gasteiger partial charge in [0.05, 0.1) is 5.69 Å². The number of hydrogen-bond donors (Lipinski definition) is 2. The zero-order valence-electron chi connectivity index (χ0n) is 14.9. The topological polar surface area (TPSA) is 71.3 Å². The van der Waals surface area contributed by atoms with Crippen LogP contribution in [0.3, 0.4) is 0 Å². The van der Waals surface area contributed by atoms with E-state index in [0.29, 0.717) is 16.5 Å². The Hall–Kier alpha value is -3.45. The minimum Gasteiger partial charge on any atom is -0.449 e. The van der Waals surface area contributed by atoms with Crippen LogP contribution in [0.1, 0.15) is 20.9 Å². The van der Waals surface area contributed by atoms with Gasteiger partial charge in [0, 0.05) is 15.4 Å². The number of amides is 2. The molecule has 0 saturated heterocycles. The molecule has 2 N–H and O–H groups in total. The van der Waals surface area contributed by atoms with Crippen molar-refractivity contribution in [3.63, 3.8) is 0 Å². The maximum atomic E-state index is 13.9. The molecule has 0 atom stereocenters. The van der Waals surface area contributed by atoms with E-state index in [2.05, 4.69) is 26.6 Å². The highest BCUT2D eigenvalue weighted by Gasteiger charge is 2.23. The Bertz CT molecular complexity index is 1220. The fraction of sp³-hybridized carbons (Fsp3) is 0. The molecule has 2 amide bonds. The first-order valence-electron chi connectivity index (χ1n) is 8.67. The van der Waals surface area contributed by atoms with Gasteiger partial charge < -0.3 is 15.1 Å². The van der Waals surface area contributed by atoms with Crippen molar-refractivity contribution in [2.45, 2.75) is 0 Å². The molecular formula is C22H14BrFN2O3. The molecular weight excluding hydrogens is 439 g/mol. The summed E-state index contributed by atoms with van der Waals surface area (Å²) in [6.45, 7) is 0. The molecule has 0 unspecified atom stereocenters. The van der Waals surface area contributed by atoms with Gasteiger partial charge in [0.1, 0.15) is 17.1 Å². The van der Waals surface area contributed by atoms with Crippen molar-refractivity contribution in [1.29, 1.82) is 0 Å². The third-order valence-electron chi connectivity index (χ3n) is 4.27. The van der Waals surface area contributed by atoms with Crippen LogP contribution in [0.2, 0.25) is 0 Å². The van der Waals surface area contributed by atoms with Crippen molar-refractivity contribution in [1.82, 2.24) is 0 Å². The Morgan fingerprint density at radius 1 is 0.828 bits per heavy atom. The molecule has 0 saturated carbocycles. The van der Waals surface area contributed by atoms with Crippen LogP contribution in [0.25, 0.3) is 11.0 Å². The van der Waals surface area contributed by atoms with E-state index < -0.39 is 17.6 Å². The van der Waals surface area contributed by atoms with E-state index in [-0.39, 0.29) is 17.1 Å². The van der Waals surface area contributed by atoms with Gasteiger partial charge in [-0.1, -0.05) is 40.2 Å². The minimum atomic E-state index is -0.669. The Balaban J connectivity index is 1.71. The van der Waals surface area contributed by atoms with Crippen molar-refractivity contribution in [2.75, 3.05) is 10.6 Å². The minimum absolute atomic E-state index is 0.0168. The van der Waals surface area contributed by atoms with Gasteiger partial charge in [-0.3, -0.25) is 9.59 Å². The summed E-state index contributed by atoms with van der Waals surface area (Å²) >= 11 is 3.33. The lowest BCUT2D eigenvalue weighted by Crippen LogP contribution is -2.17. The molecule has 0 radical (unpaired) electrons. The molecule has 1 aromatic heterocycles. The molecule has 0 bridgehead atoms. The molecule has 0 aliphatic heterocycles. The van der Waals surface area contributed by atoms with Crippen LogP contribution in [-0.2, 0) is 0 Å². The van der Waals surface area contributed by atoms with E-state index in [9.17, 15) is 14.0 Å². The number of hydrogen-bond acceptors (Lipinski definition) is 3. The van der Waals surface area contributed by atoms with Crippen LogP contribution >= 0.6 is 15.9 Å². The molecule has 1 heterocycles. The first kappa shape index (κ1) is 18.9. The molecule has 29 heavy (non-hydrogen) atoms. The number of fused-ring (bicyclic) bond motifs is 1. The molecule has 4 aromatic rings. The van der Waals surface area contributed by atoms with Crippen molar-refractivity contribution in [3.8, 4) is 0 Å². The average Bonchev–Trinajstić information content (AvgIpc) is 3.09. The maximum Gasteiger partial charge on any atom is 0.293 e. The average molecular weight is 453 g/mol. The Morgan fingerprint density at radius 3 is 2.28 bits per heavy atom. The van der Waals surface area contributed by atoms with E-state index in [0.717, 1.165) is 4.47 Å². The van der Waals surface area contributed by atoms with E-state index in [1.807, 2.05) is 0 Å². The summed E-state index contributed by atoms with van der Waals surface area (Å²) in [7, 11) is 0. The first-order chi connectivity index (χ1) is 14.0. The van der Waals surface area contributed by atoms with Gasteiger partial charge in [-0.25, -0.2) is 4.39 Å². The predicted molar refractivity (Wildman–Crippen MR) is 113 cm³/mol. The van der Waals surface area contributed by atoms with Crippen LogP contribution in [0.4, 0.5) is 15.8 Å². The molecule has 5 nitrogen and oxygen atoms in total. The van der Waals surface area contributed by atoms with Crippen molar-refractivity contribution in [3.05, 3.63) is 94.4 Å². The summed E-state index contributed by atoms with van der Waals surface area (Å²) in [4.78, 5) is 25.5. The van der Waals surface area contributed by atoms with Gasteiger partial charge in [-0.05, 0) is 48.5 Å². The normalized spacial score (nSPS) is 10.7. The highest BCUT2D eigenvalue weighted by atomic mass is 79.9. The van der Waals surface area contributed by atoms with Crippen molar-refractivity contribution in [2.24, 2.45) is 0 Å². The molecule has 0 spiro atoms. The second kappa shape index (κ2) is 7.89. The molecule has 144 valence electrons. The summed E-state index contributed by atoms with van der Waals surface area (Å²) in [6.07, 6.45) is 0. The highest BCUT2D eigenvalue weighted by Crippen LogP contribution is 2.32. The second-order valence-corrected chi connectivity index (χ2v) is 7.11. The molecule has 0 fully saturated rings. The fourth-order valence-corrected chi connectivity index (χ4v) is 3.12. The number of rotatable bonds is 4. The zero-order valence-corrected chi connectivity index (χ0v) is 16.5. The van der Waals surface area contributed by atoms with Crippen LogP contribution in [0.5, 0.6) is 0 Å². The smallest absolute Gasteiger partial charge is 0.293 e. The maximum absolute atomic E-state index is 13.9. The van der Waals surface area contributed by atoms with Gasteiger partial charge in [0.2, 0.25) is 5.76 Å². The summed E-state index contributed by atoms with van der Waals surface area (Å²) in [5.41, 5.74) is 1.08. The SMILES string of the molecule is O=C(Nc1c(C(=O)Nc2ccccc2F)oc2ccccc12)c1ccc(Br)cc1. The fourth-order valence-electron chi connectivity index (χ4n) is 2.86. The van der Waals surface area contributed by atoms with Gasteiger partial charge in [-0.2, -0.15) is 0 Å². The number of para-hydroxylation sites is 2. The highest BCUT2D eigenvalue weighted by molar-refractivity contribution is 9.10. The summed E-state index contributed by atoms with van der Waals surface area (Å²) < 4.78 is 20.4. The van der Waals surface area contributed by atoms with E-state index in [4.69, 9.17) is 4.42 Å². The molecule has 4 rings (SSSR count). The van der Waals surface area contributed by atoms with Gasteiger partial charge in [-0.15, -0.1) is 0 Å². The zero-order chi connectivity index (χ0) is 20.4. The first-order valence-corrected chi connectivity index (χ1v) is 9.46. The lowest BCUT2D eigenvalue weighted by Gasteiger charge is -2.08. The van der Waals surface area contributed by atoms with Crippen LogP contribution in [0, 0.1) is 5.82 Å². The van der Waals surface area contributed by atoms with Crippen molar-refractivity contribution >= 4 is 50.1 Å². The Labute approximate surface area is 173 Å². The number of anilines is 2. The standard InChI is InChI=1S/C22H14BrFN2O3/c23-14-11-9-13(10-12-14)21(27)26-19-15-5-1-4-8-18(15)29-20(19)22(28)25-17-7-3-2-6-16(17)24/h1-12H,(H,25,28)(H,26,27). The number of halogens is 2. The van der Waals surface area contributed by atoms with E-state index >= 15 is 0 Å². The number of carbonyl (C=O) groups excluding carboxylic acids is 2.